The van der Waals surface area contributed by atoms with Crippen molar-refractivity contribution in [3.8, 4) is 0 Å². The second kappa shape index (κ2) is 7.39. The molecule has 1 aromatic rings. The summed E-state index contributed by atoms with van der Waals surface area (Å²) in [5.74, 6) is 1.50. The summed E-state index contributed by atoms with van der Waals surface area (Å²) in [5, 5.41) is 8.33. The number of nitrogens with one attached hydrogen (secondary N) is 1. The fraction of sp³-hybridized carbons (Fsp3) is 0.263. The van der Waals surface area contributed by atoms with E-state index in [1.807, 2.05) is 18.2 Å². The van der Waals surface area contributed by atoms with Crippen molar-refractivity contribution in [2.45, 2.75) is 30.0 Å². The van der Waals surface area contributed by atoms with Gasteiger partial charge in [-0.2, -0.15) is 0 Å². The molecule has 1 aliphatic carbocycles. The number of rotatable bonds is 4. The van der Waals surface area contributed by atoms with Crippen molar-refractivity contribution in [3.05, 3.63) is 78.1 Å². The molecule has 3 N–H and O–H groups in total. The summed E-state index contributed by atoms with van der Waals surface area (Å²) >= 11 is 1.47. The van der Waals surface area contributed by atoms with Crippen molar-refractivity contribution in [2.75, 3.05) is 0 Å². The second-order valence-electron chi connectivity index (χ2n) is 6.16. The van der Waals surface area contributed by atoms with Crippen molar-refractivity contribution in [3.63, 3.8) is 0 Å². The summed E-state index contributed by atoms with van der Waals surface area (Å²) in [5.41, 5.74) is 7.94. The zero-order valence-electron chi connectivity index (χ0n) is 14.2. The Hall–Kier alpha value is -2.51. The van der Waals surface area contributed by atoms with Crippen molar-refractivity contribution in [2.24, 2.45) is 5.73 Å². The summed E-state index contributed by atoms with van der Waals surface area (Å²) in [4.78, 5) is 6.02. The lowest BCUT2D eigenvalue weighted by molar-refractivity contribution is 0.152. The third-order valence-corrected chi connectivity index (χ3v) is 5.56. The molecule has 0 amide bonds. The fourth-order valence-electron chi connectivity index (χ4n) is 3.07. The van der Waals surface area contributed by atoms with Gasteiger partial charge in [0.15, 0.2) is 6.26 Å². The van der Waals surface area contributed by atoms with Crippen molar-refractivity contribution < 1.29 is 9.47 Å². The summed E-state index contributed by atoms with van der Waals surface area (Å²) < 4.78 is 11.5. The Bertz CT molecular complexity index is 816. The minimum atomic E-state index is -0.430. The van der Waals surface area contributed by atoms with E-state index in [4.69, 9.17) is 20.6 Å². The van der Waals surface area contributed by atoms with E-state index in [1.165, 1.54) is 23.6 Å². The van der Waals surface area contributed by atoms with Crippen LogP contribution in [0, 0.1) is 5.41 Å². The van der Waals surface area contributed by atoms with Crippen molar-refractivity contribution in [1.82, 2.24) is 9.88 Å². The SMILES string of the molecule is N=C1C(c2ccccn2)SC(N)N1C1=COC=C(CC2=CC=CCC2)O1. The third kappa shape index (κ3) is 3.40. The van der Waals surface area contributed by atoms with Gasteiger partial charge in [0.25, 0.3) is 0 Å². The summed E-state index contributed by atoms with van der Waals surface area (Å²) in [7, 11) is 0. The number of aromatic nitrogens is 1. The van der Waals surface area contributed by atoms with Crippen LogP contribution in [-0.2, 0) is 9.47 Å². The lowest BCUT2D eigenvalue weighted by Gasteiger charge is -2.27. The highest BCUT2D eigenvalue weighted by molar-refractivity contribution is 8.01. The normalized spacial score (nSPS) is 25.2. The maximum Gasteiger partial charge on any atom is 0.238 e. The molecule has 7 heteroatoms. The van der Waals surface area contributed by atoms with Gasteiger partial charge in [-0.25, -0.2) is 0 Å². The van der Waals surface area contributed by atoms with Crippen molar-refractivity contribution in [1.29, 1.82) is 5.41 Å². The molecule has 3 heterocycles. The Morgan fingerprint density at radius 1 is 1.35 bits per heavy atom. The van der Waals surface area contributed by atoms with E-state index in [2.05, 4.69) is 23.2 Å². The molecule has 0 aromatic carbocycles. The Kier molecular flexibility index (Phi) is 4.81. The highest BCUT2D eigenvalue weighted by Crippen LogP contribution is 2.42. The Morgan fingerprint density at radius 2 is 2.27 bits per heavy atom. The zero-order valence-corrected chi connectivity index (χ0v) is 15.0. The second-order valence-corrected chi connectivity index (χ2v) is 7.39. The molecule has 1 aromatic heterocycles. The molecule has 2 aliphatic heterocycles. The van der Waals surface area contributed by atoms with Crippen LogP contribution in [0.1, 0.15) is 30.2 Å². The number of ether oxygens (including phenoxy) is 2. The maximum absolute atomic E-state index is 8.55. The topological polar surface area (TPSA) is 84.5 Å². The number of hydrogen-bond donors (Lipinski definition) is 2. The first-order valence-corrected chi connectivity index (χ1v) is 9.43. The molecule has 134 valence electrons. The summed E-state index contributed by atoms with van der Waals surface area (Å²) in [6, 6.07) is 5.68. The highest BCUT2D eigenvalue weighted by Gasteiger charge is 2.40. The first-order valence-electron chi connectivity index (χ1n) is 8.49. The van der Waals surface area contributed by atoms with E-state index in [0.717, 1.165) is 24.3 Å². The van der Waals surface area contributed by atoms with Crippen LogP contribution in [0.4, 0.5) is 0 Å². The molecule has 1 fully saturated rings. The van der Waals surface area contributed by atoms with Gasteiger partial charge in [0.05, 0.1) is 5.69 Å². The molecule has 3 aliphatic rings. The van der Waals surface area contributed by atoms with Gasteiger partial charge >= 0.3 is 0 Å². The third-order valence-electron chi connectivity index (χ3n) is 4.34. The van der Waals surface area contributed by atoms with Crippen LogP contribution in [0.5, 0.6) is 0 Å². The first kappa shape index (κ1) is 16.9. The van der Waals surface area contributed by atoms with Crippen LogP contribution in [0.15, 0.2) is 72.4 Å². The minimum absolute atomic E-state index is 0.226. The molecule has 6 nitrogen and oxygen atoms in total. The van der Waals surface area contributed by atoms with E-state index < -0.39 is 5.50 Å². The molecule has 1 saturated heterocycles. The van der Waals surface area contributed by atoms with Crippen LogP contribution < -0.4 is 5.73 Å². The van der Waals surface area contributed by atoms with Crippen LogP contribution in [-0.4, -0.2) is 21.2 Å². The number of thioether (sulfide) groups is 1. The number of pyridine rings is 1. The lowest BCUT2D eigenvalue weighted by atomic mass is 10.0. The zero-order chi connectivity index (χ0) is 17.9. The lowest BCUT2D eigenvalue weighted by Crippen LogP contribution is -2.38. The van der Waals surface area contributed by atoms with Gasteiger partial charge in [0, 0.05) is 12.6 Å². The number of allylic oxidation sites excluding steroid dienone is 4. The van der Waals surface area contributed by atoms with Gasteiger partial charge in [-0.1, -0.05) is 29.9 Å². The molecule has 0 saturated carbocycles. The Balaban J connectivity index is 1.47. The summed E-state index contributed by atoms with van der Waals surface area (Å²) in [6.07, 6.45) is 13.9. The van der Waals surface area contributed by atoms with E-state index >= 15 is 0 Å². The largest absolute Gasteiger partial charge is 0.464 e. The number of amidine groups is 1. The van der Waals surface area contributed by atoms with Crippen molar-refractivity contribution >= 4 is 17.6 Å². The van der Waals surface area contributed by atoms with Crippen LogP contribution in [0.2, 0.25) is 0 Å². The quantitative estimate of drug-likeness (QED) is 0.842. The minimum Gasteiger partial charge on any atom is -0.464 e. The van der Waals surface area contributed by atoms with Gasteiger partial charge in [0.2, 0.25) is 5.88 Å². The highest BCUT2D eigenvalue weighted by atomic mass is 32.2. The van der Waals surface area contributed by atoms with Gasteiger partial charge in [-0.3, -0.25) is 15.3 Å². The number of hydrogen-bond acceptors (Lipinski definition) is 6. The number of nitrogens with two attached hydrogens (primary N) is 1. The van der Waals surface area contributed by atoms with Gasteiger partial charge in [0.1, 0.15) is 28.6 Å². The standard InChI is InChI=1S/C19H20N4O2S/c20-18-17(15-8-4-5-9-22-15)26-19(21)23(18)16-12-24-11-14(25-16)10-13-6-2-1-3-7-13/h1-2,4-6,8-9,11-12,17,19-20H,3,7,10,21H2. The predicted molar refractivity (Wildman–Crippen MR) is 102 cm³/mol. The average molecular weight is 368 g/mol. The molecular weight excluding hydrogens is 348 g/mol. The molecule has 26 heavy (non-hydrogen) atoms. The van der Waals surface area contributed by atoms with Gasteiger partial charge < -0.3 is 15.2 Å². The predicted octanol–water partition coefficient (Wildman–Crippen LogP) is 3.74. The fourth-order valence-corrected chi connectivity index (χ4v) is 4.21. The molecule has 2 unspecified atom stereocenters. The maximum atomic E-state index is 8.55. The van der Waals surface area contributed by atoms with Gasteiger partial charge in [-0.15, -0.1) is 11.8 Å². The molecule has 0 spiro atoms. The monoisotopic (exact) mass is 368 g/mol. The molecule has 2 atom stereocenters. The van der Waals surface area contributed by atoms with E-state index in [1.54, 1.807) is 17.4 Å². The first-order chi connectivity index (χ1) is 12.7. The Labute approximate surface area is 156 Å². The smallest absolute Gasteiger partial charge is 0.238 e. The molecular formula is C19H20N4O2S. The Morgan fingerprint density at radius 3 is 3.04 bits per heavy atom. The van der Waals surface area contributed by atoms with E-state index in [9.17, 15) is 0 Å². The van der Waals surface area contributed by atoms with Gasteiger partial charge in [-0.05, 0) is 25.0 Å². The van der Waals surface area contributed by atoms with Crippen LogP contribution in [0.3, 0.4) is 0 Å². The van der Waals surface area contributed by atoms with E-state index in [0.29, 0.717) is 18.1 Å². The average Bonchev–Trinajstić information content (AvgIpc) is 2.98. The number of nitrogens with zero attached hydrogens (tertiary/aromatic N) is 2. The summed E-state index contributed by atoms with van der Waals surface area (Å²) in [6.45, 7) is 0. The molecule has 4 rings (SSSR count). The molecule has 0 radical (unpaired) electrons. The van der Waals surface area contributed by atoms with Crippen LogP contribution in [0.25, 0.3) is 0 Å². The van der Waals surface area contributed by atoms with Crippen LogP contribution >= 0.6 is 11.8 Å². The molecule has 0 bridgehead atoms. The van der Waals surface area contributed by atoms with E-state index in [-0.39, 0.29) is 5.25 Å².